The van der Waals surface area contributed by atoms with E-state index in [1.165, 1.54) is 38.5 Å². The molecular formula is C11H20. The lowest BCUT2D eigenvalue weighted by molar-refractivity contribution is 0.481. The highest BCUT2D eigenvalue weighted by atomic mass is 14.2. The quantitative estimate of drug-likeness (QED) is 0.526. The predicted octanol–water partition coefficient (Wildman–Crippen LogP) is 3.92. The molecule has 1 fully saturated rings. The summed E-state index contributed by atoms with van der Waals surface area (Å²) in [4.78, 5) is 0. The molecule has 1 rings (SSSR count). The second-order valence-corrected chi connectivity index (χ2v) is 3.71. The Balaban J connectivity index is 2.40. The molecule has 1 aliphatic carbocycles. The van der Waals surface area contributed by atoms with Crippen molar-refractivity contribution in [1.82, 2.24) is 0 Å². The molecule has 0 bridgehead atoms. The lowest BCUT2D eigenvalue weighted by Gasteiger charge is -2.21. The van der Waals surface area contributed by atoms with Crippen LogP contribution in [0.1, 0.15) is 52.4 Å². The van der Waals surface area contributed by atoms with E-state index in [-0.39, 0.29) is 0 Å². The third-order valence-electron chi connectivity index (χ3n) is 2.68. The fourth-order valence-corrected chi connectivity index (χ4v) is 1.84. The number of rotatable bonds is 2. The number of hydrogen-bond donors (Lipinski definition) is 0. The number of hydrogen-bond acceptors (Lipinski definition) is 0. The summed E-state index contributed by atoms with van der Waals surface area (Å²) in [5, 5.41) is 0. The summed E-state index contributed by atoms with van der Waals surface area (Å²) in [6.07, 6.45) is 10.8. The minimum absolute atomic E-state index is 0.885. The van der Waals surface area contributed by atoms with E-state index in [1.54, 1.807) is 5.57 Å². The van der Waals surface area contributed by atoms with Crippen LogP contribution < -0.4 is 0 Å². The van der Waals surface area contributed by atoms with Gasteiger partial charge in [-0.15, -0.1) is 0 Å². The summed E-state index contributed by atoms with van der Waals surface area (Å²) >= 11 is 0. The molecule has 1 aliphatic rings. The van der Waals surface area contributed by atoms with Gasteiger partial charge in [-0.25, -0.2) is 0 Å². The van der Waals surface area contributed by atoms with Crippen LogP contribution >= 0.6 is 0 Å². The number of unbranched alkanes of at least 4 members (excludes halogenated alkanes) is 1. The molecule has 0 spiro atoms. The zero-order chi connectivity index (χ0) is 8.10. The first-order valence-electron chi connectivity index (χ1n) is 5.03. The topological polar surface area (TPSA) is 0 Å². The molecule has 0 heteroatoms. The number of allylic oxidation sites excluding steroid dienone is 2. The molecule has 0 saturated heterocycles. The third-order valence-corrected chi connectivity index (χ3v) is 2.68. The molecule has 1 unspecified atom stereocenters. The summed E-state index contributed by atoms with van der Waals surface area (Å²) < 4.78 is 0. The Morgan fingerprint density at radius 1 is 1.45 bits per heavy atom. The van der Waals surface area contributed by atoms with Crippen molar-refractivity contribution < 1.29 is 0 Å². The van der Waals surface area contributed by atoms with Crippen molar-refractivity contribution in [2.24, 2.45) is 5.92 Å². The Bertz CT molecular complexity index is 133. The van der Waals surface area contributed by atoms with Crippen molar-refractivity contribution >= 4 is 0 Å². The van der Waals surface area contributed by atoms with Gasteiger partial charge in [0.05, 0.1) is 0 Å². The second-order valence-electron chi connectivity index (χ2n) is 3.71. The molecule has 11 heavy (non-hydrogen) atoms. The van der Waals surface area contributed by atoms with E-state index in [4.69, 9.17) is 0 Å². The average Bonchev–Trinajstić information content (AvgIpc) is 2.03. The van der Waals surface area contributed by atoms with E-state index in [0.29, 0.717) is 0 Å². The third kappa shape index (κ3) is 2.69. The first-order chi connectivity index (χ1) is 5.34. The van der Waals surface area contributed by atoms with Gasteiger partial charge in [-0.05, 0) is 31.6 Å². The largest absolute Gasteiger partial charge is 0.0851 e. The molecule has 0 nitrogen and oxygen atoms in total. The molecule has 0 heterocycles. The molecular weight excluding hydrogens is 132 g/mol. The Morgan fingerprint density at radius 3 is 2.91 bits per heavy atom. The molecule has 0 aromatic rings. The van der Waals surface area contributed by atoms with Gasteiger partial charge < -0.3 is 0 Å². The van der Waals surface area contributed by atoms with Gasteiger partial charge in [0.15, 0.2) is 0 Å². The van der Waals surface area contributed by atoms with Gasteiger partial charge in [-0.2, -0.15) is 0 Å². The van der Waals surface area contributed by atoms with E-state index < -0.39 is 0 Å². The predicted molar refractivity (Wildman–Crippen MR) is 50.6 cm³/mol. The second kappa shape index (κ2) is 4.58. The summed E-state index contributed by atoms with van der Waals surface area (Å²) in [5.74, 6) is 0.885. The Kier molecular flexibility index (Phi) is 3.68. The SMILES string of the molecule is CCCC=C1CCCCC1C. The maximum atomic E-state index is 2.48. The minimum Gasteiger partial charge on any atom is -0.0851 e. The van der Waals surface area contributed by atoms with Crippen molar-refractivity contribution in [3.05, 3.63) is 11.6 Å². The average molecular weight is 152 g/mol. The molecule has 0 radical (unpaired) electrons. The van der Waals surface area contributed by atoms with Crippen LogP contribution in [0.4, 0.5) is 0 Å². The molecule has 0 N–H and O–H groups in total. The van der Waals surface area contributed by atoms with E-state index in [0.717, 1.165) is 5.92 Å². The van der Waals surface area contributed by atoms with Crippen LogP contribution in [-0.4, -0.2) is 0 Å². The van der Waals surface area contributed by atoms with Crippen LogP contribution in [0.15, 0.2) is 11.6 Å². The van der Waals surface area contributed by atoms with Crippen LogP contribution in [0.3, 0.4) is 0 Å². The maximum absolute atomic E-state index is 2.48. The van der Waals surface area contributed by atoms with Gasteiger partial charge in [-0.3, -0.25) is 0 Å². The molecule has 0 amide bonds. The summed E-state index contributed by atoms with van der Waals surface area (Å²) in [6, 6.07) is 0. The lowest BCUT2D eigenvalue weighted by atomic mass is 9.85. The van der Waals surface area contributed by atoms with E-state index in [1.807, 2.05) is 0 Å². The first kappa shape index (κ1) is 8.83. The Hall–Kier alpha value is -0.260. The minimum atomic E-state index is 0.885. The van der Waals surface area contributed by atoms with Gasteiger partial charge in [0, 0.05) is 0 Å². The van der Waals surface area contributed by atoms with Crippen molar-refractivity contribution in [1.29, 1.82) is 0 Å². The fraction of sp³-hybridized carbons (Fsp3) is 0.818. The Labute approximate surface area is 70.7 Å². The van der Waals surface area contributed by atoms with Crippen LogP contribution in [0.2, 0.25) is 0 Å². The fourth-order valence-electron chi connectivity index (χ4n) is 1.84. The highest BCUT2D eigenvalue weighted by Gasteiger charge is 2.12. The van der Waals surface area contributed by atoms with E-state index in [2.05, 4.69) is 19.9 Å². The standard InChI is InChI=1S/C11H20/c1-3-4-8-11-9-6-5-7-10(11)2/h8,10H,3-7,9H2,1-2H3. The van der Waals surface area contributed by atoms with E-state index >= 15 is 0 Å². The zero-order valence-electron chi connectivity index (χ0n) is 7.90. The van der Waals surface area contributed by atoms with Crippen molar-refractivity contribution in [2.45, 2.75) is 52.4 Å². The first-order valence-corrected chi connectivity index (χ1v) is 5.03. The summed E-state index contributed by atoms with van der Waals surface area (Å²) in [6.45, 7) is 4.63. The van der Waals surface area contributed by atoms with Gasteiger partial charge in [-0.1, -0.05) is 38.3 Å². The van der Waals surface area contributed by atoms with Crippen LogP contribution in [-0.2, 0) is 0 Å². The monoisotopic (exact) mass is 152 g/mol. The molecule has 1 saturated carbocycles. The van der Waals surface area contributed by atoms with Gasteiger partial charge >= 0.3 is 0 Å². The summed E-state index contributed by atoms with van der Waals surface area (Å²) in [5.41, 5.74) is 1.73. The normalized spacial score (nSPS) is 29.3. The molecule has 0 aromatic heterocycles. The lowest BCUT2D eigenvalue weighted by Crippen LogP contribution is -2.05. The molecule has 0 aromatic carbocycles. The molecule has 1 atom stereocenters. The van der Waals surface area contributed by atoms with Gasteiger partial charge in [0.25, 0.3) is 0 Å². The van der Waals surface area contributed by atoms with Crippen LogP contribution in [0.25, 0.3) is 0 Å². The zero-order valence-corrected chi connectivity index (χ0v) is 7.90. The van der Waals surface area contributed by atoms with Crippen LogP contribution in [0.5, 0.6) is 0 Å². The highest BCUT2D eigenvalue weighted by molar-refractivity contribution is 5.07. The van der Waals surface area contributed by atoms with E-state index in [9.17, 15) is 0 Å². The van der Waals surface area contributed by atoms with Crippen molar-refractivity contribution in [3.8, 4) is 0 Å². The van der Waals surface area contributed by atoms with Crippen molar-refractivity contribution in [3.63, 3.8) is 0 Å². The van der Waals surface area contributed by atoms with Gasteiger partial charge in [0.1, 0.15) is 0 Å². The highest BCUT2D eigenvalue weighted by Crippen LogP contribution is 2.28. The molecule has 64 valence electrons. The Morgan fingerprint density at radius 2 is 2.27 bits per heavy atom. The van der Waals surface area contributed by atoms with Crippen LogP contribution in [0, 0.1) is 5.92 Å². The van der Waals surface area contributed by atoms with Crippen molar-refractivity contribution in [2.75, 3.05) is 0 Å². The molecule has 0 aliphatic heterocycles. The van der Waals surface area contributed by atoms with Gasteiger partial charge in [0.2, 0.25) is 0 Å². The smallest absolute Gasteiger partial charge is 0.0232 e. The summed E-state index contributed by atoms with van der Waals surface area (Å²) in [7, 11) is 0. The maximum Gasteiger partial charge on any atom is -0.0232 e.